The highest BCUT2D eigenvalue weighted by Gasteiger charge is 2.27. The van der Waals surface area contributed by atoms with Gasteiger partial charge in [-0.15, -0.1) is 11.3 Å². The molecule has 154 valence electrons. The summed E-state index contributed by atoms with van der Waals surface area (Å²) in [6.45, 7) is 1.99. The van der Waals surface area contributed by atoms with Gasteiger partial charge in [-0.2, -0.15) is 0 Å². The second-order valence-corrected chi connectivity index (χ2v) is 8.54. The summed E-state index contributed by atoms with van der Waals surface area (Å²) in [6.07, 6.45) is 2.89. The summed E-state index contributed by atoms with van der Waals surface area (Å²) in [5.41, 5.74) is 16.3. The highest BCUT2D eigenvalue weighted by Crippen LogP contribution is 2.38. The molecule has 2 amide bonds. The first kappa shape index (κ1) is 20.0. The lowest BCUT2D eigenvalue weighted by molar-refractivity contribution is 0.0937. The van der Waals surface area contributed by atoms with Crippen molar-refractivity contribution in [3.8, 4) is 0 Å². The smallest absolute Gasteiger partial charge is 0.264 e. The average Bonchev–Trinajstić information content (AvgIpc) is 3.06. The van der Waals surface area contributed by atoms with Crippen LogP contribution in [0.25, 0.3) is 0 Å². The molecule has 1 aliphatic rings. The van der Waals surface area contributed by atoms with Crippen molar-refractivity contribution in [2.45, 2.75) is 32.2 Å². The summed E-state index contributed by atoms with van der Waals surface area (Å²) in [5, 5.41) is 6.74. The van der Waals surface area contributed by atoms with E-state index in [1.807, 2.05) is 43.3 Å². The second kappa shape index (κ2) is 8.20. The molecule has 0 saturated heterocycles. The van der Waals surface area contributed by atoms with Gasteiger partial charge in [0.2, 0.25) is 0 Å². The molecule has 1 atom stereocenters. The minimum atomic E-state index is -0.666. The van der Waals surface area contributed by atoms with Crippen LogP contribution in [0.4, 0.5) is 16.4 Å². The van der Waals surface area contributed by atoms with Crippen molar-refractivity contribution in [3.63, 3.8) is 0 Å². The highest BCUT2D eigenvalue weighted by molar-refractivity contribution is 7.19. The largest absolute Gasteiger partial charge is 0.397 e. The number of nitrogens with one attached hydrogen (secondary N) is 2. The summed E-state index contributed by atoms with van der Waals surface area (Å²) < 4.78 is 0. The van der Waals surface area contributed by atoms with E-state index in [4.69, 9.17) is 11.5 Å². The van der Waals surface area contributed by atoms with Gasteiger partial charge in [-0.3, -0.25) is 9.59 Å². The molecule has 1 unspecified atom stereocenters. The van der Waals surface area contributed by atoms with Gasteiger partial charge in [0.25, 0.3) is 11.8 Å². The maximum absolute atomic E-state index is 13.1. The number of hydrogen-bond donors (Lipinski definition) is 4. The van der Waals surface area contributed by atoms with E-state index >= 15 is 0 Å². The normalized spacial score (nSPS) is 15.3. The minimum absolute atomic E-state index is 0.0746. The van der Waals surface area contributed by atoms with Crippen LogP contribution in [0, 0.1) is 6.92 Å². The third-order valence-electron chi connectivity index (χ3n) is 5.38. The van der Waals surface area contributed by atoms with Crippen molar-refractivity contribution in [2.24, 2.45) is 5.73 Å². The number of carbonyl (C=O) groups is 2. The number of thiophene rings is 1. The Hall–Kier alpha value is -3.32. The lowest BCUT2D eigenvalue weighted by atomic mass is 9.88. The van der Waals surface area contributed by atoms with Gasteiger partial charge in [0, 0.05) is 5.69 Å². The Morgan fingerprint density at radius 1 is 1.10 bits per heavy atom. The Kier molecular flexibility index (Phi) is 5.46. The van der Waals surface area contributed by atoms with Gasteiger partial charge in [0.1, 0.15) is 9.88 Å². The van der Waals surface area contributed by atoms with Crippen LogP contribution in [-0.2, 0) is 6.42 Å². The SMILES string of the molecule is Cc1ccc(Nc2sc(C(=O)NC3CCCc4ccccc43)c(N)c2C(N)=O)cc1. The summed E-state index contributed by atoms with van der Waals surface area (Å²) in [4.78, 5) is 25.4. The van der Waals surface area contributed by atoms with E-state index in [2.05, 4.69) is 22.8 Å². The van der Waals surface area contributed by atoms with E-state index in [9.17, 15) is 9.59 Å². The third kappa shape index (κ3) is 3.89. The first-order valence-electron chi connectivity index (χ1n) is 9.88. The fraction of sp³-hybridized carbons (Fsp3) is 0.217. The van der Waals surface area contributed by atoms with Gasteiger partial charge in [-0.05, 0) is 49.4 Å². The van der Waals surface area contributed by atoms with E-state index in [-0.39, 0.29) is 23.2 Å². The maximum atomic E-state index is 13.1. The molecule has 7 heteroatoms. The molecule has 2 aromatic carbocycles. The molecular weight excluding hydrogens is 396 g/mol. The summed E-state index contributed by atoms with van der Waals surface area (Å²) in [7, 11) is 0. The van der Waals surface area contributed by atoms with Crippen LogP contribution in [-0.4, -0.2) is 11.8 Å². The summed E-state index contributed by atoms with van der Waals surface area (Å²) >= 11 is 1.14. The first-order valence-corrected chi connectivity index (χ1v) is 10.7. The van der Waals surface area contributed by atoms with Crippen LogP contribution < -0.4 is 22.1 Å². The molecule has 0 fully saturated rings. The quantitative estimate of drug-likeness (QED) is 0.493. The Bertz CT molecular complexity index is 1100. The number of anilines is 3. The van der Waals surface area contributed by atoms with Crippen LogP contribution in [0.15, 0.2) is 48.5 Å². The van der Waals surface area contributed by atoms with Crippen LogP contribution in [0.3, 0.4) is 0 Å². The van der Waals surface area contributed by atoms with Gasteiger partial charge >= 0.3 is 0 Å². The number of benzene rings is 2. The molecule has 1 aliphatic carbocycles. The molecule has 3 aromatic rings. The van der Waals surface area contributed by atoms with Gasteiger partial charge in [-0.25, -0.2) is 0 Å². The number of amides is 2. The van der Waals surface area contributed by atoms with Crippen LogP contribution in [0.2, 0.25) is 0 Å². The first-order chi connectivity index (χ1) is 14.4. The van der Waals surface area contributed by atoms with E-state index in [0.717, 1.165) is 47.4 Å². The molecule has 0 radical (unpaired) electrons. The van der Waals surface area contributed by atoms with Crippen molar-refractivity contribution in [3.05, 3.63) is 75.7 Å². The molecule has 30 heavy (non-hydrogen) atoms. The van der Waals surface area contributed by atoms with Crippen molar-refractivity contribution in [1.82, 2.24) is 5.32 Å². The molecular formula is C23H24N4O2S. The molecule has 1 aromatic heterocycles. The Balaban J connectivity index is 1.62. The van der Waals surface area contributed by atoms with Gasteiger partial charge in [0.15, 0.2) is 0 Å². The van der Waals surface area contributed by atoms with Crippen LogP contribution >= 0.6 is 11.3 Å². The standard InChI is InChI=1S/C23H24N4O2S/c1-13-9-11-15(12-10-13)26-23-18(21(25)28)19(24)20(30-23)22(29)27-17-8-4-6-14-5-2-3-7-16(14)17/h2-3,5,7,9-12,17,26H,4,6,8,24H2,1H3,(H2,25,28)(H,27,29). The second-order valence-electron chi connectivity index (χ2n) is 7.52. The number of fused-ring (bicyclic) bond motifs is 1. The summed E-state index contributed by atoms with van der Waals surface area (Å²) in [6, 6.07) is 15.8. The number of aryl methyl sites for hydroxylation is 2. The van der Waals surface area contributed by atoms with Crippen LogP contribution in [0.5, 0.6) is 0 Å². The number of nitrogens with two attached hydrogens (primary N) is 2. The topological polar surface area (TPSA) is 110 Å². The number of hydrogen-bond acceptors (Lipinski definition) is 5. The molecule has 4 rings (SSSR count). The van der Waals surface area contributed by atoms with Crippen LogP contribution in [0.1, 0.15) is 55.6 Å². The average molecular weight is 421 g/mol. The van der Waals surface area contributed by atoms with Crippen molar-refractivity contribution in [1.29, 1.82) is 0 Å². The predicted molar refractivity (Wildman–Crippen MR) is 121 cm³/mol. The number of rotatable bonds is 5. The van der Waals surface area contributed by atoms with E-state index < -0.39 is 5.91 Å². The molecule has 0 spiro atoms. The van der Waals surface area contributed by atoms with Crippen molar-refractivity contribution < 1.29 is 9.59 Å². The van der Waals surface area contributed by atoms with Crippen molar-refractivity contribution in [2.75, 3.05) is 11.1 Å². The number of carbonyl (C=O) groups excluding carboxylic acids is 2. The van der Waals surface area contributed by atoms with Gasteiger partial charge in [-0.1, -0.05) is 42.0 Å². The predicted octanol–water partition coefficient (Wildman–Crippen LogP) is 4.29. The fourth-order valence-corrected chi connectivity index (χ4v) is 4.89. The number of nitrogen functional groups attached to an aromatic ring is 1. The van der Waals surface area contributed by atoms with E-state index in [0.29, 0.717) is 9.88 Å². The zero-order chi connectivity index (χ0) is 21.3. The van der Waals surface area contributed by atoms with Crippen molar-refractivity contribution >= 4 is 39.5 Å². The van der Waals surface area contributed by atoms with E-state index in [1.54, 1.807) is 0 Å². The lowest BCUT2D eigenvalue weighted by Crippen LogP contribution is -2.31. The molecule has 0 saturated carbocycles. The molecule has 0 bridgehead atoms. The lowest BCUT2D eigenvalue weighted by Gasteiger charge is -2.26. The Morgan fingerprint density at radius 3 is 2.57 bits per heavy atom. The highest BCUT2D eigenvalue weighted by atomic mass is 32.1. The molecule has 0 aliphatic heterocycles. The monoisotopic (exact) mass is 420 g/mol. The van der Waals surface area contributed by atoms with Gasteiger partial charge in [0.05, 0.1) is 17.3 Å². The Labute approximate surface area is 179 Å². The zero-order valence-electron chi connectivity index (χ0n) is 16.7. The van der Waals surface area contributed by atoms with Gasteiger partial charge < -0.3 is 22.1 Å². The molecule has 6 nitrogen and oxygen atoms in total. The van der Waals surface area contributed by atoms with E-state index in [1.165, 1.54) is 5.56 Å². The minimum Gasteiger partial charge on any atom is -0.397 e. The molecule has 6 N–H and O–H groups in total. The maximum Gasteiger partial charge on any atom is 0.264 e. The number of primary amides is 1. The zero-order valence-corrected chi connectivity index (χ0v) is 17.5. The third-order valence-corrected chi connectivity index (χ3v) is 6.50. The fourth-order valence-electron chi connectivity index (χ4n) is 3.84. The summed E-state index contributed by atoms with van der Waals surface area (Å²) in [5.74, 6) is -0.959. The molecule has 1 heterocycles. The Morgan fingerprint density at radius 2 is 1.83 bits per heavy atom.